The number of hydrogen-bond acceptors (Lipinski definition) is 5. The van der Waals surface area contributed by atoms with Crippen LogP contribution in [-0.2, 0) is 0 Å². The highest BCUT2D eigenvalue weighted by molar-refractivity contribution is 8.01. The Bertz CT molecular complexity index is 738. The van der Waals surface area contributed by atoms with E-state index in [0.717, 1.165) is 22.0 Å². The van der Waals surface area contributed by atoms with Crippen LogP contribution in [0.3, 0.4) is 0 Å². The maximum absolute atomic E-state index is 12.4. The van der Waals surface area contributed by atoms with Gasteiger partial charge in [-0.15, -0.1) is 0 Å². The number of aromatic nitrogens is 1. The molecule has 0 amide bonds. The van der Waals surface area contributed by atoms with E-state index in [1.807, 2.05) is 51.1 Å². The molecule has 1 aliphatic heterocycles. The van der Waals surface area contributed by atoms with Crippen LogP contribution in [0.15, 0.2) is 45.6 Å². The molecule has 1 aromatic heterocycles. The molecular formula is C16H15N3OS. The molecule has 2 aromatic rings. The first-order valence-corrected chi connectivity index (χ1v) is 7.59. The van der Waals surface area contributed by atoms with Crippen molar-refractivity contribution in [3.63, 3.8) is 0 Å². The SMILES string of the molecule is Cc1ccc(N=N[C@@H]2Sc3nc(C)cc(C)c3C2=O)cc1. The van der Waals surface area contributed by atoms with E-state index >= 15 is 0 Å². The number of nitrogens with zero attached hydrogens (tertiary/aromatic N) is 3. The lowest BCUT2D eigenvalue weighted by Crippen LogP contribution is -2.09. The van der Waals surface area contributed by atoms with Gasteiger partial charge in [-0.1, -0.05) is 29.5 Å². The molecule has 1 aliphatic rings. The molecule has 4 nitrogen and oxygen atoms in total. The largest absolute Gasteiger partial charge is 0.291 e. The summed E-state index contributed by atoms with van der Waals surface area (Å²) in [5.41, 5.74) is 4.50. The summed E-state index contributed by atoms with van der Waals surface area (Å²) in [7, 11) is 0. The van der Waals surface area contributed by atoms with Gasteiger partial charge in [-0.3, -0.25) is 4.79 Å². The Kier molecular flexibility index (Phi) is 3.59. The highest BCUT2D eigenvalue weighted by Crippen LogP contribution is 2.38. The van der Waals surface area contributed by atoms with Crippen LogP contribution in [0.25, 0.3) is 0 Å². The zero-order valence-electron chi connectivity index (χ0n) is 12.1. The molecule has 21 heavy (non-hydrogen) atoms. The van der Waals surface area contributed by atoms with E-state index < -0.39 is 5.37 Å². The van der Waals surface area contributed by atoms with Crippen molar-refractivity contribution in [3.05, 3.63) is 52.7 Å². The van der Waals surface area contributed by atoms with E-state index in [2.05, 4.69) is 15.2 Å². The molecule has 2 heterocycles. The van der Waals surface area contributed by atoms with Crippen LogP contribution in [0.2, 0.25) is 0 Å². The second-order valence-corrected chi connectivity index (χ2v) is 6.22. The fraction of sp³-hybridized carbons (Fsp3) is 0.250. The van der Waals surface area contributed by atoms with Crippen molar-refractivity contribution in [2.24, 2.45) is 10.2 Å². The molecule has 0 radical (unpaired) electrons. The molecule has 0 N–H and O–H groups in total. The number of thioether (sulfide) groups is 1. The molecule has 0 unspecified atom stereocenters. The first-order chi connectivity index (χ1) is 10.0. The van der Waals surface area contributed by atoms with Crippen LogP contribution < -0.4 is 0 Å². The predicted molar refractivity (Wildman–Crippen MR) is 83.4 cm³/mol. The zero-order chi connectivity index (χ0) is 15.0. The molecule has 5 heteroatoms. The first kappa shape index (κ1) is 13.9. The van der Waals surface area contributed by atoms with Crippen molar-refractivity contribution in [1.29, 1.82) is 0 Å². The van der Waals surface area contributed by atoms with Crippen LogP contribution in [0.5, 0.6) is 0 Å². The second-order valence-electron chi connectivity index (χ2n) is 5.15. The molecular weight excluding hydrogens is 282 g/mol. The van der Waals surface area contributed by atoms with Crippen LogP contribution in [-0.4, -0.2) is 16.1 Å². The number of carbonyl (C=O) groups excluding carboxylic acids is 1. The fourth-order valence-electron chi connectivity index (χ4n) is 2.28. The Balaban J connectivity index is 1.85. The molecule has 106 valence electrons. The van der Waals surface area contributed by atoms with E-state index in [-0.39, 0.29) is 5.78 Å². The van der Waals surface area contributed by atoms with Gasteiger partial charge in [0.2, 0.25) is 5.78 Å². The van der Waals surface area contributed by atoms with E-state index in [1.165, 1.54) is 17.3 Å². The second kappa shape index (κ2) is 5.41. The van der Waals surface area contributed by atoms with Crippen LogP contribution >= 0.6 is 11.8 Å². The summed E-state index contributed by atoms with van der Waals surface area (Å²) >= 11 is 1.37. The average Bonchev–Trinajstić information content (AvgIpc) is 2.74. The number of azo groups is 1. The van der Waals surface area contributed by atoms with Gasteiger partial charge in [-0.2, -0.15) is 10.2 Å². The fourth-order valence-corrected chi connectivity index (χ4v) is 3.38. The number of Topliss-reactive ketones (excluding diaryl/α,β-unsaturated/α-hetero) is 1. The summed E-state index contributed by atoms with van der Waals surface area (Å²) in [4.78, 5) is 16.8. The Morgan fingerprint density at radius 3 is 2.57 bits per heavy atom. The maximum Gasteiger partial charge on any atom is 0.202 e. The Hall–Kier alpha value is -2.01. The van der Waals surface area contributed by atoms with E-state index in [0.29, 0.717) is 5.56 Å². The Morgan fingerprint density at radius 2 is 1.86 bits per heavy atom. The van der Waals surface area contributed by atoms with Crippen molar-refractivity contribution < 1.29 is 4.79 Å². The summed E-state index contributed by atoms with van der Waals surface area (Å²) < 4.78 is 0. The minimum Gasteiger partial charge on any atom is -0.291 e. The van der Waals surface area contributed by atoms with Crippen molar-refractivity contribution in [2.75, 3.05) is 0 Å². The highest BCUT2D eigenvalue weighted by atomic mass is 32.2. The summed E-state index contributed by atoms with van der Waals surface area (Å²) in [6.45, 7) is 5.88. The van der Waals surface area contributed by atoms with Crippen molar-refractivity contribution in [1.82, 2.24) is 4.98 Å². The van der Waals surface area contributed by atoms with Crippen LogP contribution in [0.4, 0.5) is 5.69 Å². The van der Waals surface area contributed by atoms with Gasteiger partial charge in [-0.05, 0) is 44.5 Å². The third kappa shape index (κ3) is 2.74. The number of ketones is 1. The van der Waals surface area contributed by atoms with Crippen molar-refractivity contribution in [2.45, 2.75) is 31.2 Å². The van der Waals surface area contributed by atoms with Gasteiger partial charge in [0.15, 0.2) is 5.37 Å². The van der Waals surface area contributed by atoms with E-state index in [1.54, 1.807) is 0 Å². The molecule has 0 fully saturated rings. The van der Waals surface area contributed by atoms with E-state index in [9.17, 15) is 4.79 Å². The van der Waals surface area contributed by atoms with Gasteiger partial charge >= 0.3 is 0 Å². The predicted octanol–water partition coefficient (Wildman–Crippen LogP) is 4.41. The summed E-state index contributed by atoms with van der Waals surface area (Å²) in [5, 5.41) is 8.61. The highest BCUT2D eigenvalue weighted by Gasteiger charge is 2.34. The lowest BCUT2D eigenvalue weighted by molar-refractivity contribution is 0.0991. The lowest BCUT2D eigenvalue weighted by Gasteiger charge is -2.01. The number of fused-ring (bicyclic) bond motifs is 1. The van der Waals surface area contributed by atoms with Crippen LogP contribution in [0.1, 0.15) is 27.2 Å². The third-order valence-corrected chi connectivity index (χ3v) is 4.37. The number of rotatable bonds is 2. The molecule has 0 saturated carbocycles. The molecule has 3 rings (SSSR count). The minimum atomic E-state index is -0.519. The number of pyridine rings is 1. The quantitative estimate of drug-likeness (QED) is 0.772. The Labute approximate surface area is 127 Å². The number of benzene rings is 1. The maximum atomic E-state index is 12.4. The van der Waals surface area contributed by atoms with Gasteiger partial charge in [0, 0.05) is 5.69 Å². The molecule has 0 aliphatic carbocycles. The van der Waals surface area contributed by atoms with Gasteiger partial charge < -0.3 is 0 Å². The molecule has 0 saturated heterocycles. The normalized spacial score (nSPS) is 17.5. The van der Waals surface area contributed by atoms with E-state index in [4.69, 9.17) is 0 Å². The summed E-state index contributed by atoms with van der Waals surface area (Å²) in [6, 6.07) is 9.66. The molecule has 0 spiro atoms. The van der Waals surface area contributed by atoms with Gasteiger partial charge in [0.05, 0.1) is 11.3 Å². The number of aryl methyl sites for hydroxylation is 3. The van der Waals surface area contributed by atoms with Crippen LogP contribution in [0, 0.1) is 20.8 Å². The van der Waals surface area contributed by atoms with Crippen molar-refractivity contribution >= 4 is 23.2 Å². The summed E-state index contributed by atoms with van der Waals surface area (Å²) in [6.07, 6.45) is 0. The van der Waals surface area contributed by atoms with Gasteiger partial charge in [-0.25, -0.2) is 4.98 Å². The molecule has 1 atom stereocenters. The first-order valence-electron chi connectivity index (χ1n) is 6.71. The zero-order valence-corrected chi connectivity index (χ0v) is 12.9. The molecule has 1 aromatic carbocycles. The lowest BCUT2D eigenvalue weighted by atomic mass is 10.1. The number of carbonyl (C=O) groups is 1. The monoisotopic (exact) mass is 297 g/mol. The smallest absolute Gasteiger partial charge is 0.202 e. The summed E-state index contributed by atoms with van der Waals surface area (Å²) in [5.74, 6) is -0.00383. The standard InChI is InChI=1S/C16H15N3OS/c1-9-4-6-12(7-5-9)18-19-16-14(20)13-10(2)8-11(3)17-15(13)21-16/h4-8,16H,1-3H3/t16-/m1/s1. The van der Waals surface area contributed by atoms with Gasteiger partial charge in [0.1, 0.15) is 5.03 Å². The topological polar surface area (TPSA) is 54.7 Å². The van der Waals surface area contributed by atoms with Gasteiger partial charge in [0.25, 0.3) is 0 Å². The average molecular weight is 297 g/mol. The third-order valence-electron chi connectivity index (χ3n) is 3.32. The molecule has 0 bridgehead atoms. The number of hydrogen-bond donors (Lipinski definition) is 0. The minimum absolute atomic E-state index is 0.00383. The van der Waals surface area contributed by atoms with Crippen molar-refractivity contribution in [3.8, 4) is 0 Å². The Morgan fingerprint density at radius 1 is 1.14 bits per heavy atom.